The summed E-state index contributed by atoms with van der Waals surface area (Å²) in [4.78, 5) is 10.9. The first kappa shape index (κ1) is 17.4. The second kappa shape index (κ2) is 10.3. The Morgan fingerprint density at radius 3 is 2.11 bits per heavy atom. The molecular weight excluding hydrogens is 236 g/mol. The van der Waals surface area contributed by atoms with Crippen molar-refractivity contribution in [1.29, 1.82) is 0 Å². The topological polar surface area (TPSA) is 65.0 Å². The summed E-state index contributed by atoms with van der Waals surface area (Å²) in [6.45, 7) is 6.50. The molecule has 0 fully saturated rings. The Hall–Kier alpha value is -0.650. The molecule has 1 N–H and O–H groups in total. The van der Waals surface area contributed by atoms with Gasteiger partial charge in [0.25, 0.3) is 0 Å². The molecule has 0 amide bonds. The lowest BCUT2D eigenvalue weighted by molar-refractivity contribution is -0.147. The van der Waals surface area contributed by atoms with Gasteiger partial charge in [-0.15, -0.1) is 0 Å². The quantitative estimate of drug-likeness (QED) is 0.545. The van der Waals surface area contributed by atoms with E-state index in [0.29, 0.717) is 39.5 Å². The van der Waals surface area contributed by atoms with Crippen LogP contribution in [0.3, 0.4) is 0 Å². The molecule has 0 aromatic heterocycles. The first-order valence-electron chi connectivity index (χ1n) is 6.38. The Bertz CT molecular complexity index is 215. The van der Waals surface area contributed by atoms with E-state index in [-0.39, 0.29) is 0 Å². The van der Waals surface area contributed by atoms with Crippen LogP contribution >= 0.6 is 0 Å². The zero-order valence-corrected chi connectivity index (χ0v) is 11.7. The van der Waals surface area contributed by atoms with Crippen LogP contribution in [0.15, 0.2) is 0 Å². The fraction of sp³-hybridized carbons (Fsp3) is 0.923. The maximum atomic E-state index is 10.9. The second-order valence-corrected chi connectivity index (χ2v) is 4.86. The Morgan fingerprint density at radius 1 is 1.00 bits per heavy atom. The number of ether oxygens (including phenoxy) is 3. The van der Waals surface area contributed by atoms with E-state index < -0.39 is 11.4 Å². The Labute approximate surface area is 109 Å². The number of hydrogen-bond donors (Lipinski definition) is 1. The van der Waals surface area contributed by atoms with E-state index in [1.54, 1.807) is 21.0 Å². The highest BCUT2D eigenvalue weighted by Crippen LogP contribution is 2.23. The summed E-state index contributed by atoms with van der Waals surface area (Å²) in [7, 11) is 1.64. The predicted octanol–water partition coefficient (Wildman–Crippen LogP) is 1.95. The number of aliphatic carboxylic acids is 1. The minimum atomic E-state index is -0.741. The van der Waals surface area contributed by atoms with Gasteiger partial charge in [0.1, 0.15) is 0 Å². The van der Waals surface area contributed by atoms with Crippen molar-refractivity contribution in [2.45, 2.75) is 33.1 Å². The molecule has 0 aromatic carbocycles. The predicted molar refractivity (Wildman–Crippen MR) is 68.8 cm³/mol. The molecule has 0 saturated heterocycles. The summed E-state index contributed by atoms with van der Waals surface area (Å²) in [5, 5.41) is 8.93. The molecule has 0 heterocycles. The molecule has 0 aliphatic heterocycles. The second-order valence-electron chi connectivity index (χ2n) is 4.86. The van der Waals surface area contributed by atoms with Crippen molar-refractivity contribution in [1.82, 2.24) is 0 Å². The minimum Gasteiger partial charge on any atom is -0.481 e. The molecule has 0 unspecified atom stereocenters. The molecule has 0 aliphatic rings. The van der Waals surface area contributed by atoms with Crippen molar-refractivity contribution in [3.63, 3.8) is 0 Å². The van der Waals surface area contributed by atoms with Crippen LogP contribution in [0, 0.1) is 5.41 Å². The van der Waals surface area contributed by atoms with Crippen LogP contribution < -0.4 is 0 Å². The number of carbonyl (C=O) groups is 1. The van der Waals surface area contributed by atoms with E-state index in [2.05, 4.69) is 0 Å². The summed E-state index contributed by atoms with van der Waals surface area (Å²) in [6, 6.07) is 0. The lowest BCUT2D eigenvalue weighted by atomic mass is 9.87. The highest BCUT2D eigenvalue weighted by molar-refractivity contribution is 5.73. The molecule has 0 bridgehead atoms. The van der Waals surface area contributed by atoms with Gasteiger partial charge in [-0.3, -0.25) is 4.79 Å². The largest absolute Gasteiger partial charge is 0.481 e. The van der Waals surface area contributed by atoms with Crippen LogP contribution in [-0.4, -0.2) is 51.2 Å². The number of unbranched alkanes of at least 4 members (excludes halogenated alkanes) is 1. The first-order chi connectivity index (χ1) is 8.50. The standard InChI is InChI=1S/C13H26O5/c1-13(2,12(14)15)6-4-5-7-17-10-11-18-9-8-16-3/h4-11H2,1-3H3,(H,14,15). The number of rotatable bonds is 12. The van der Waals surface area contributed by atoms with E-state index in [4.69, 9.17) is 19.3 Å². The number of carboxylic acid groups (broad SMARTS) is 1. The van der Waals surface area contributed by atoms with E-state index in [9.17, 15) is 4.79 Å². The van der Waals surface area contributed by atoms with Gasteiger partial charge >= 0.3 is 5.97 Å². The first-order valence-corrected chi connectivity index (χ1v) is 6.38. The normalized spacial score (nSPS) is 11.7. The average molecular weight is 262 g/mol. The fourth-order valence-electron chi connectivity index (χ4n) is 1.34. The molecule has 0 aliphatic carbocycles. The average Bonchev–Trinajstić information content (AvgIpc) is 2.31. The monoisotopic (exact) mass is 262 g/mol. The van der Waals surface area contributed by atoms with Crippen molar-refractivity contribution in [3.05, 3.63) is 0 Å². The maximum absolute atomic E-state index is 10.9. The Morgan fingerprint density at radius 2 is 1.56 bits per heavy atom. The van der Waals surface area contributed by atoms with Gasteiger partial charge in [0.2, 0.25) is 0 Å². The summed E-state index contributed by atoms with van der Waals surface area (Å²) < 4.78 is 15.5. The number of methoxy groups -OCH3 is 1. The van der Waals surface area contributed by atoms with Crippen LogP contribution in [0.5, 0.6) is 0 Å². The van der Waals surface area contributed by atoms with Gasteiger partial charge in [0.15, 0.2) is 0 Å². The van der Waals surface area contributed by atoms with Gasteiger partial charge in [0, 0.05) is 13.7 Å². The third-order valence-corrected chi connectivity index (χ3v) is 2.72. The smallest absolute Gasteiger partial charge is 0.309 e. The highest BCUT2D eigenvalue weighted by Gasteiger charge is 2.25. The van der Waals surface area contributed by atoms with E-state index in [1.165, 1.54) is 0 Å². The Balaban J connectivity index is 3.24. The summed E-state index contributed by atoms with van der Waals surface area (Å²) in [5.74, 6) is -0.741. The molecule has 0 atom stereocenters. The van der Waals surface area contributed by atoms with Crippen LogP contribution in [0.2, 0.25) is 0 Å². The van der Waals surface area contributed by atoms with Gasteiger partial charge in [0.05, 0.1) is 31.8 Å². The van der Waals surface area contributed by atoms with Crippen LogP contribution in [0.1, 0.15) is 33.1 Å². The SMILES string of the molecule is COCCOCCOCCCCC(C)(C)C(=O)O. The van der Waals surface area contributed by atoms with Crippen LogP contribution in [0.25, 0.3) is 0 Å². The van der Waals surface area contributed by atoms with Gasteiger partial charge < -0.3 is 19.3 Å². The molecule has 0 spiro atoms. The maximum Gasteiger partial charge on any atom is 0.309 e. The number of hydrogen-bond acceptors (Lipinski definition) is 4. The lowest BCUT2D eigenvalue weighted by Crippen LogP contribution is -2.23. The molecular formula is C13H26O5. The summed E-state index contributed by atoms with van der Waals surface area (Å²) >= 11 is 0. The number of carboxylic acids is 1. The van der Waals surface area contributed by atoms with Crippen molar-refractivity contribution >= 4 is 5.97 Å². The zero-order valence-electron chi connectivity index (χ0n) is 11.7. The molecule has 0 rings (SSSR count). The lowest BCUT2D eigenvalue weighted by Gasteiger charge is -2.18. The van der Waals surface area contributed by atoms with Gasteiger partial charge in [-0.25, -0.2) is 0 Å². The van der Waals surface area contributed by atoms with Gasteiger partial charge in [-0.1, -0.05) is 6.42 Å². The zero-order chi connectivity index (χ0) is 13.9. The summed E-state index contributed by atoms with van der Waals surface area (Å²) in [6.07, 6.45) is 2.43. The van der Waals surface area contributed by atoms with Crippen molar-refractivity contribution in [2.24, 2.45) is 5.41 Å². The minimum absolute atomic E-state index is 0.573. The molecule has 5 nitrogen and oxygen atoms in total. The molecule has 5 heteroatoms. The van der Waals surface area contributed by atoms with E-state index >= 15 is 0 Å². The third-order valence-electron chi connectivity index (χ3n) is 2.72. The summed E-state index contributed by atoms with van der Waals surface area (Å²) in [5.41, 5.74) is -0.636. The highest BCUT2D eigenvalue weighted by atomic mass is 16.5. The van der Waals surface area contributed by atoms with Crippen molar-refractivity contribution in [2.75, 3.05) is 40.1 Å². The molecule has 0 aromatic rings. The molecule has 0 saturated carbocycles. The molecule has 0 radical (unpaired) electrons. The fourth-order valence-corrected chi connectivity index (χ4v) is 1.34. The van der Waals surface area contributed by atoms with Gasteiger partial charge in [-0.2, -0.15) is 0 Å². The van der Waals surface area contributed by atoms with Crippen molar-refractivity contribution < 1.29 is 24.1 Å². The molecule has 18 heavy (non-hydrogen) atoms. The van der Waals surface area contributed by atoms with Gasteiger partial charge in [-0.05, 0) is 26.7 Å². The van der Waals surface area contributed by atoms with Crippen LogP contribution in [-0.2, 0) is 19.0 Å². The van der Waals surface area contributed by atoms with E-state index in [1.807, 2.05) is 0 Å². The van der Waals surface area contributed by atoms with Crippen LogP contribution in [0.4, 0.5) is 0 Å². The molecule has 108 valence electrons. The third kappa shape index (κ3) is 9.39. The van der Waals surface area contributed by atoms with Crippen molar-refractivity contribution in [3.8, 4) is 0 Å². The van der Waals surface area contributed by atoms with E-state index in [0.717, 1.165) is 12.8 Å². The Kier molecular flexibility index (Phi) is 9.92.